The Labute approximate surface area is 78.8 Å². The van der Waals surface area contributed by atoms with E-state index in [1.165, 1.54) is 15.6 Å². The molecule has 1 aromatic rings. The minimum atomic E-state index is 0.584. The first-order valence-corrected chi connectivity index (χ1v) is 5.49. The van der Waals surface area contributed by atoms with Crippen molar-refractivity contribution in [2.75, 3.05) is 0 Å². The Morgan fingerprint density at radius 2 is 1.92 bits per heavy atom. The molecule has 0 radical (unpaired) electrons. The van der Waals surface area contributed by atoms with Crippen molar-refractivity contribution in [3.8, 4) is 0 Å². The maximum Gasteiger partial charge on any atom is 0.0956 e. The summed E-state index contributed by atoms with van der Waals surface area (Å²) < 4.78 is 0. The van der Waals surface area contributed by atoms with Gasteiger partial charge < -0.3 is 0 Å². The third-order valence-electron chi connectivity index (χ3n) is 1.94. The Morgan fingerprint density at radius 1 is 1.25 bits per heavy atom. The van der Waals surface area contributed by atoms with Crippen LogP contribution >= 0.6 is 11.3 Å². The molecule has 12 heavy (non-hydrogen) atoms. The zero-order valence-corrected chi connectivity index (χ0v) is 9.16. The number of aromatic nitrogens is 1. The number of aryl methyl sites for hydroxylation is 2. The molecule has 0 aromatic carbocycles. The summed E-state index contributed by atoms with van der Waals surface area (Å²) in [6.45, 7) is 8.80. The molecule has 0 saturated heterocycles. The molecule has 0 aliphatic carbocycles. The van der Waals surface area contributed by atoms with Crippen LogP contribution in [0.2, 0.25) is 0 Å². The van der Waals surface area contributed by atoms with E-state index in [1.807, 2.05) is 11.3 Å². The molecule has 0 aliphatic heterocycles. The fourth-order valence-electron chi connectivity index (χ4n) is 1.20. The lowest BCUT2D eigenvalue weighted by Gasteiger charge is -1.95. The highest BCUT2D eigenvalue weighted by atomic mass is 32.1. The molecule has 1 heterocycles. The third-order valence-corrected chi connectivity index (χ3v) is 3.49. The van der Waals surface area contributed by atoms with Crippen LogP contribution in [0, 0.1) is 0 Å². The Hall–Kier alpha value is -0.370. The van der Waals surface area contributed by atoms with Crippen molar-refractivity contribution in [3.05, 3.63) is 15.6 Å². The van der Waals surface area contributed by atoms with Crippen LogP contribution < -0.4 is 0 Å². The Morgan fingerprint density at radius 3 is 2.25 bits per heavy atom. The van der Waals surface area contributed by atoms with Gasteiger partial charge in [0.05, 0.1) is 10.7 Å². The van der Waals surface area contributed by atoms with E-state index in [9.17, 15) is 0 Å². The number of nitrogens with zero attached hydrogens (tertiary/aromatic N) is 1. The summed E-state index contributed by atoms with van der Waals surface area (Å²) >= 11 is 1.88. The van der Waals surface area contributed by atoms with Gasteiger partial charge in [-0.3, -0.25) is 0 Å². The van der Waals surface area contributed by atoms with Crippen LogP contribution in [-0.2, 0) is 12.8 Å². The quantitative estimate of drug-likeness (QED) is 0.700. The molecule has 1 nitrogen and oxygen atoms in total. The second kappa shape index (κ2) is 4.04. The smallest absolute Gasteiger partial charge is 0.0956 e. The van der Waals surface area contributed by atoms with Crippen LogP contribution in [0.5, 0.6) is 0 Å². The lowest BCUT2D eigenvalue weighted by atomic mass is 10.2. The number of hydrogen-bond donors (Lipinski definition) is 0. The summed E-state index contributed by atoms with van der Waals surface area (Å²) in [6, 6.07) is 0. The number of thiazole rings is 1. The molecule has 1 aromatic heterocycles. The van der Waals surface area contributed by atoms with Crippen molar-refractivity contribution in [1.82, 2.24) is 4.98 Å². The Balaban J connectivity index is 2.97. The second-order valence-corrected chi connectivity index (χ2v) is 4.40. The SMILES string of the molecule is CCc1nc(C(C)C)sc1CC. The molecule has 2 heteroatoms. The van der Waals surface area contributed by atoms with Crippen molar-refractivity contribution < 1.29 is 0 Å². The fourth-order valence-corrected chi connectivity index (χ4v) is 2.30. The average molecular weight is 183 g/mol. The molecule has 68 valence electrons. The van der Waals surface area contributed by atoms with Crippen LogP contribution in [0.1, 0.15) is 49.2 Å². The summed E-state index contributed by atoms with van der Waals surface area (Å²) in [5, 5.41) is 1.30. The largest absolute Gasteiger partial charge is 0.246 e. The van der Waals surface area contributed by atoms with Crippen molar-refractivity contribution >= 4 is 11.3 Å². The van der Waals surface area contributed by atoms with Crippen LogP contribution in [0.25, 0.3) is 0 Å². The van der Waals surface area contributed by atoms with Gasteiger partial charge in [-0.05, 0) is 12.8 Å². The van der Waals surface area contributed by atoms with Gasteiger partial charge in [0.25, 0.3) is 0 Å². The summed E-state index contributed by atoms with van der Waals surface area (Å²) in [5.74, 6) is 0.584. The normalized spacial score (nSPS) is 11.1. The highest BCUT2D eigenvalue weighted by Crippen LogP contribution is 2.25. The van der Waals surface area contributed by atoms with E-state index in [0.29, 0.717) is 5.92 Å². The minimum Gasteiger partial charge on any atom is -0.246 e. The minimum absolute atomic E-state index is 0.584. The van der Waals surface area contributed by atoms with Crippen molar-refractivity contribution in [2.24, 2.45) is 0 Å². The molecule has 0 aliphatic rings. The Bertz CT molecular complexity index is 229. The maximum absolute atomic E-state index is 4.62. The highest BCUT2D eigenvalue weighted by Gasteiger charge is 2.09. The first kappa shape index (κ1) is 9.72. The lowest BCUT2D eigenvalue weighted by Crippen LogP contribution is -1.88. The lowest BCUT2D eigenvalue weighted by molar-refractivity contribution is 0.838. The van der Waals surface area contributed by atoms with Gasteiger partial charge in [0, 0.05) is 10.8 Å². The summed E-state index contributed by atoms with van der Waals surface area (Å²) in [6.07, 6.45) is 2.21. The zero-order chi connectivity index (χ0) is 9.14. The van der Waals surface area contributed by atoms with Crippen molar-refractivity contribution in [3.63, 3.8) is 0 Å². The van der Waals surface area contributed by atoms with Crippen molar-refractivity contribution in [1.29, 1.82) is 0 Å². The van der Waals surface area contributed by atoms with Gasteiger partial charge in [0.1, 0.15) is 0 Å². The number of hydrogen-bond acceptors (Lipinski definition) is 2. The molecule has 0 amide bonds. The van der Waals surface area contributed by atoms with Crippen LogP contribution in [0.3, 0.4) is 0 Å². The highest BCUT2D eigenvalue weighted by molar-refractivity contribution is 7.11. The molecule has 0 atom stereocenters. The van der Waals surface area contributed by atoms with E-state index in [1.54, 1.807) is 0 Å². The van der Waals surface area contributed by atoms with E-state index in [0.717, 1.165) is 12.8 Å². The second-order valence-electron chi connectivity index (χ2n) is 3.28. The predicted molar refractivity (Wildman–Crippen MR) is 55.0 cm³/mol. The molecular formula is C10H17NS. The van der Waals surface area contributed by atoms with E-state index < -0.39 is 0 Å². The van der Waals surface area contributed by atoms with E-state index in [2.05, 4.69) is 32.7 Å². The van der Waals surface area contributed by atoms with E-state index in [4.69, 9.17) is 0 Å². The van der Waals surface area contributed by atoms with E-state index in [-0.39, 0.29) is 0 Å². The van der Waals surface area contributed by atoms with E-state index >= 15 is 0 Å². The number of rotatable bonds is 3. The van der Waals surface area contributed by atoms with Crippen LogP contribution in [0.15, 0.2) is 0 Å². The molecule has 0 N–H and O–H groups in total. The first-order valence-electron chi connectivity index (χ1n) is 4.67. The predicted octanol–water partition coefficient (Wildman–Crippen LogP) is 3.39. The monoisotopic (exact) mass is 183 g/mol. The molecule has 0 bridgehead atoms. The molecule has 0 spiro atoms. The molecular weight excluding hydrogens is 166 g/mol. The maximum atomic E-state index is 4.62. The first-order chi connectivity index (χ1) is 5.69. The molecule has 0 unspecified atom stereocenters. The van der Waals surface area contributed by atoms with Gasteiger partial charge >= 0.3 is 0 Å². The van der Waals surface area contributed by atoms with Gasteiger partial charge in [-0.1, -0.05) is 27.7 Å². The van der Waals surface area contributed by atoms with Crippen molar-refractivity contribution in [2.45, 2.75) is 46.5 Å². The average Bonchev–Trinajstić information content (AvgIpc) is 2.46. The molecule has 0 saturated carbocycles. The van der Waals surface area contributed by atoms with Gasteiger partial charge in [0.2, 0.25) is 0 Å². The summed E-state index contributed by atoms with van der Waals surface area (Å²) in [7, 11) is 0. The zero-order valence-electron chi connectivity index (χ0n) is 8.35. The van der Waals surface area contributed by atoms with Crippen LogP contribution in [0.4, 0.5) is 0 Å². The summed E-state index contributed by atoms with van der Waals surface area (Å²) in [5.41, 5.74) is 1.31. The standard InChI is InChI=1S/C10H17NS/c1-5-8-9(6-2)12-10(11-8)7(3)4/h7H,5-6H2,1-4H3. The fraction of sp³-hybridized carbons (Fsp3) is 0.700. The molecule has 0 fully saturated rings. The van der Waals surface area contributed by atoms with Gasteiger partial charge in [-0.25, -0.2) is 4.98 Å². The Kier molecular flexibility index (Phi) is 3.27. The summed E-state index contributed by atoms with van der Waals surface area (Å²) in [4.78, 5) is 6.09. The van der Waals surface area contributed by atoms with Crippen LogP contribution in [-0.4, -0.2) is 4.98 Å². The topological polar surface area (TPSA) is 12.9 Å². The molecule has 1 rings (SSSR count). The van der Waals surface area contributed by atoms with Gasteiger partial charge in [-0.2, -0.15) is 0 Å². The van der Waals surface area contributed by atoms with Gasteiger partial charge in [-0.15, -0.1) is 11.3 Å². The third kappa shape index (κ3) is 1.86. The van der Waals surface area contributed by atoms with Gasteiger partial charge in [0.15, 0.2) is 0 Å².